The summed E-state index contributed by atoms with van der Waals surface area (Å²) in [7, 11) is 3.73. The van der Waals surface area contributed by atoms with Gasteiger partial charge >= 0.3 is 0 Å². The second kappa shape index (κ2) is 6.07. The highest BCUT2D eigenvalue weighted by atomic mass is 32.1. The third-order valence-corrected chi connectivity index (χ3v) is 3.42. The van der Waals surface area contributed by atoms with Crippen molar-refractivity contribution in [2.24, 2.45) is 0 Å². The Hall–Kier alpha value is -0.620. The average Bonchev–Trinajstić information content (AvgIpc) is 2.52. The standard InChI is InChI=1S/C9H18N4S2/c1-10-8(14)12-4-3-5-13(7-6-12)9(15)11-2/h3-7H2,1-2H3,(H,10,14)(H,11,15). The van der Waals surface area contributed by atoms with Gasteiger partial charge in [-0.3, -0.25) is 0 Å². The highest BCUT2D eigenvalue weighted by Crippen LogP contribution is 2.03. The Morgan fingerprint density at radius 2 is 1.27 bits per heavy atom. The van der Waals surface area contributed by atoms with Gasteiger partial charge in [-0.1, -0.05) is 0 Å². The van der Waals surface area contributed by atoms with Crippen LogP contribution in [-0.2, 0) is 0 Å². The van der Waals surface area contributed by atoms with Crippen molar-refractivity contribution < 1.29 is 0 Å². The lowest BCUT2D eigenvalue weighted by Gasteiger charge is -2.24. The maximum atomic E-state index is 5.22. The van der Waals surface area contributed by atoms with Crippen molar-refractivity contribution in [1.29, 1.82) is 0 Å². The fourth-order valence-corrected chi connectivity index (χ4v) is 2.01. The van der Waals surface area contributed by atoms with Gasteiger partial charge < -0.3 is 20.4 Å². The lowest BCUT2D eigenvalue weighted by atomic mass is 10.4. The van der Waals surface area contributed by atoms with Gasteiger partial charge in [-0.05, 0) is 30.9 Å². The first-order valence-electron chi connectivity index (χ1n) is 5.12. The van der Waals surface area contributed by atoms with Crippen molar-refractivity contribution in [2.75, 3.05) is 40.3 Å². The summed E-state index contributed by atoms with van der Waals surface area (Å²) in [6, 6.07) is 0. The molecule has 0 amide bonds. The van der Waals surface area contributed by atoms with Gasteiger partial charge in [0.1, 0.15) is 0 Å². The van der Waals surface area contributed by atoms with Gasteiger partial charge in [0.05, 0.1) is 0 Å². The molecule has 0 aromatic rings. The van der Waals surface area contributed by atoms with Crippen LogP contribution < -0.4 is 10.6 Å². The van der Waals surface area contributed by atoms with Crippen molar-refractivity contribution >= 4 is 34.7 Å². The topological polar surface area (TPSA) is 30.5 Å². The van der Waals surface area contributed by atoms with Gasteiger partial charge in [-0.25, -0.2) is 0 Å². The summed E-state index contributed by atoms with van der Waals surface area (Å²) in [5.41, 5.74) is 0. The molecular formula is C9H18N4S2. The number of thiocarbonyl (C=S) groups is 2. The summed E-state index contributed by atoms with van der Waals surface area (Å²) in [5.74, 6) is 0. The van der Waals surface area contributed by atoms with Crippen LogP contribution in [0.3, 0.4) is 0 Å². The van der Waals surface area contributed by atoms with E-state index in [1.54, 1.807) is 0 Å². The molecular weight excluding hydrogens is 228 g/mol. The number of nitrogens with zero attached hydrogens (tertiary/aromatic N) is 2. The van der Waals surface area contributed by atoms with E-state index in [1.807, 2.05) is 14.1 Å². The van der Waals surface area contributed by atoms with Gasteiger partial charge in [0.25, 0.3) is 0 Å². The summed E-state index contributed by atoms with van der Waals surface area (Å²) >= 11 is 10.4. The van der Waals surface area contributed by atoms with Crippen molar-refractivity contribution in [2.45, 2.75) is 6.42 Å². The van der Waals surface area contributed by atoms with Crippen molar-refractivity contribution in [1.82, 2.24) is 20.4 Å². The molecule has 1 fully saturated rings. The molecule has 0 aromatic heterocycles. The lowest BCUT2D eigenvalue weighted by molar-refractivity contribution is 0.407. The molecule has 0 aromatic carbocycles. The van der Waals surface area contributed by atoms with E-state index in [0.29, 0.717) is 0 Å². The van der Waals surface area contributed by atoms with E-state index >= 15 is 0 Å². The van der Waals surface area contributed by atoms with E-state index in [1.165, 1.54) is 0 Å². The van der Waals surface area contributed by atoms with Gasteiger partial charge in [0.15, 0.2) is 10.2 Å². The highest BCUT2D eigenvalue weighted by molar-refractivity contribution is 7.80. The molecule has 1 aliphatic heterocycles. The fraction of sp³-hybridized carbons (Fsp3) is 0.778. The molecule has 86 valence electrons. The zero-order valence-corrected chi connectivity index (χ0v) is 10.9. The summed E-state index contributed by atoms with van der Waals surface area (Å²) < 4.78 is 0. The minimum Gasteiger partial charge on any atom is -0.366 e. The predicted molar refractivity (Wildman–Crippen MR) is 71.1 cm³/mol. The quantitative estimate of drug-likeness (QED) is 0.585. The van der Waals surface area contributed by atoms with E-state index in [4.69, 9.17) is 24.4 Å². The van der Waals surface area contributed by atoms with E-state index in [2.05, 4.69) is 20.4 Å². The molecule has 1 saturated heterocycles. The second-order valence-electron chi connectivity index (χ2n) is 3.44. The Morgan fingerprint density at radius 3 is 1.60 bits per heavy atom. The smallest absolute Gasteiger partial charge is 0.168 e. The first kappa shape index (κ1) is 12.4. The van der Waals surface area contributed by atoms with E-state index in [0.717, 1.165) is 42.8 Å². The van der Waals surface area contributed by atoms with Crippen molar-refractivity contribution in [3.8, 4) is 0 Å². The Morgan fingerprint density at radius 1 is 0.867 bits per heavy atom. The van der Waals surface area contributed by atoms with Crippen LogP contribution in [0, 0.1) is 0 Å². The molecule has 0 radical (unpaired) electrons. The van der Waals surface area contributed by atoms with Crippen LogP contribution >= 0.6 is 24.4 Å². The summed E-state index contributed by atoms with van der Waals surface area (Å²) in [5, 5.41) is 7.67. The molecule has 0 saturated carbocycles. The fourth-order valence-electron chi connectivity index (χ4n) is 1.64. The molecule has 1 heterocycles. The first-order valence-corrected chi connectivity index (χ1v) is 5.94. The molecule has 0 aliphatic carbocycles. The Bertz CT molecular complexity index is 220. The summed E-state index contributed by atoms with van der Waals surface area (Å²) in [4.78, 5) is 4.38. The Balaban J connectivity index is 2.48. The molecule has 0 atom stereocenters. The van der Waals surface area contributed by atoms with Gasteiger partial charge in [-0.15, -0.1) is 0 Å². The predicted octanol–water partition coefficient (Wildman–Crippen LogP) is 0.00270. The number of nitrogens with one attached hydrogen (secondary N) is 2. The van der Waals surface area contributed by atoms with E-state index in [9.17, 15) is 0 Å². The van der Waals surface area contributed by atoms with E-state index in [-0.39, 0.29) is 0 Å². The van der Waals surface area contributed by atoms with Gasteiger partial charge in [-0.2, -0.15) is 0 Å². The Labute approximate surface area is 102 Å². The van der Waals surface area contributed by atoms with Crippen LogP contribution in [0.1, 0.15) is 6.42 Å². The summed E-state index contributed by atoms with van der Waals surface area (Å²) in [6.07, 6.45) is 1.09. The number of hydrogen-bond donors (Lipinski definition) is 2. The molecule has 6 heteroatoms. The zero-order valence-electron chi connectivity index (χ0n) is 9.25. The monoisotopic (exact) mass is 246 g/mol. The number of hydrogen-bond acceptors (Lipinski definition) is 2. The highest BCUT2D eigenvalue weighted by Gasteiger charge is 2.16. The SMILES string of the molecule is CNC(=S)N1CCCN(C(=S)NC)CC1. The third kappa shape index (κ3) is 3.46. The minimum atomic E-state index is 0.826. The zero-order chi connectivity index (χ0) is 11.3. The molecule has 2 N–H and O–H groups in total. The normalized spacial score (nSPS) is 16.9. The summed E-state index contributed by atoms with van der Waals surface area (Å²) in [6.45, 7) is 3.87. The lowest BCUT2D eigenvalue weighted by Crippen LogP contribution is -2.42. The maximum Gasteiger partial charge on any atom is 0.168 e. The van der Waals surface area contributed by atoms with E-state index < -0.39 is 0 Å². The number of rotatable bonds is 0. The van der Waals surface area contributed by atoms with Crippen LogP contribution in [0.4, 0.5) is 0 Å². The molecule has 4 nitrogen and oxygen atoms in total. The van der Waals surface area contributed by atoms with Crippen LogP contribution in [0.25, 0.3) is 0 Å². The second-order valence-corrected chi connectivity index (χ2v) is 4.21. The van der Waals surface area contributed by atoms with Crippen LogP contribution in [0.2, 0.25) is 0 Å². The van der Waals surface area contributed by atoms with Gasteiger partial charge in [0.2, 0.25) is 0 Å². The Kier molecular flexibility index (Phi) is 5.04. The van der Waals surface area contributed by atoms with Crippen LogP contribution in [-0.4, -0.2) is 60.3 Å². The largest absolute Gasteiger partial charge is 0.366 e. The average molecular weight is 246 g/mol. The molecule has 0 bridgehead atoms. The molecule has 1 rings (SSSR count). The molecule has 0 unspecified atom stereocenters. The van der Waals surface area contributed by atoms with Gasteiger partial charge in [0, 0.05) is 40.3 Å². The minimum absolute atomic E-state index is 0.826. The molecule has 15 heavy (non-hydrogen) atoms. The van der Waals surface area contributed by atoms with Crippen LogP contribution in [0.5, 0.6) is 0 Å². The van der Waals surface area contributed by atoms with Crippen molar-refractivity contribution in [3.63, 3.8) is 0 Å². The van der Waals surface area contributed by atoms with Crippen LogP contribution in [0.15, 0.2) is 0 Å². The van der Waals surface area contributed by atoms with Crippen molar-refractivity contribution in [3.05, 3.63) is 0 Å². The maximum absolute atomic E-state index is 5.22. The molecule has 1 aliphatic rings. The molecule has 0 spiro atoms. The third-order valence-electron chi connectivity index (χ3n) is 2.50. The first-order chi connectivity index (χ1) is 7.19.